The summed E-state index contributed by atoms with van der Waals surface area (Å²) in [4.78, 5) is 15.1. The van der Waals surface area contributed by atoms with Crippen LogP contribution >= 0.6 is 0 Å². The molecule has 2 N–H and O–H groups in total. The Bertz CT molecular complexity index is 272. The molecule has 3 heteroatoms. The summed E-state index contributed by atoms with van der Waals surface area (Å²) in [5.74, 6) is -0.331. The van der Waals surface area contributed by atoms with Crippen molar-refractivity contribution in [1.82, 2.24) is 4.98 Å². The van der Waals surface area contributed by atoms with Gasteiger partial charge in [0, 0.05) is 24.2 Å². The van der Waals surface area contributed by atoms with E-state index in [1.165, 1.54) is 0 Å². The fourth-order valence-electron chi connectivity index (χ4n) is 1.22. The number of nitrogens with zero attached hydrogens (tertiary/aromatic N) is 1. The van der Waals surface area contributed by atoms with E-state index >= 15 is 0 Å². The van der Waals surface area contributed by atoms with E-state index in [4.69, 9.17) is 5.73 Å². The number of primary amides is 1. The molecule has 0 saturated heterocycles. The van der Waals surface area contributed by atoms with Gasteiger partial charge in [-0.25, -0.2) is 0 Å². The second-order valence-electron chi connectivity index (χ2n) is 3.03. The van der Waals surface area contributed by atoms with Crippen LogP contribution in [0.2, 0.25) is 0 Å². The molecular formula is C10H14N2O. The Morgan fingerprint density at radius 2 is 2.38 bits per heavy atom. The second-order valence-corrected chi connectivity index (χ2v) is 3.03. The van der Waals surface area contributed by atoms with Gasteiger partial charge in [-0.2, -0.15) is 0 Å². The zero-order valence-electron chi connectivity index (χ0n) is 7.73. The molecular weight excluding hydrogens is 164 g/mol. The molecule has 1 aromatic rings. The molecule has 1 unspecified atom stereocenters. The van der Waals surface area contributed by atoms with Crippen LogP contribution in [0.5, 0.6) is 0 Å². The molecule has 0 saturated carbocycles. The van der Waals surface area contributed by atoms with Crippen LogP contribution in [-0.4, -0.2) is 10.9 Å². The standard InChI is InChI=1S/C10H14N2O/c1-2-8(10(11)13)7-9-5-3-4-6-12-9/h3-6,8H,2,7H2,1H3,(H2,11,13). The van der Waals surface area contributed by atoms with Crippen molar-refractivity contribution in [2.75, 3.05) is 0 Å². The average molecular weight is 178 g/mol. The zero-order valence-corrected chi connectivity index (χ0v) is 7.73. The Morgan fingerprint density at radius 1 is 1.62 bits per heavy atom. The number of carbonyl (C=O) groups excluding carboxylic acids is 1. The van der Waals surface area contributed by atoms with Gasteiger partial charge < -0.3 is 5.73 Å². The number of rotatable bonds is 4. The van der Waals surface area contributed by atoms with Gasteiger partial charge in [0.2, 0.25) is 5.91 Å². The molecule has 13 heavy (non-hydrogen) atoms. The van der Waals surface area contributed by atoms with Crippen molar-refractivity contribution in [3.05, 3.63) is 30.1 Å². The van der Waals surface area contributed by atoms with Gasteiger partial charge in [-0.15, -0.1) is 0 Å². The summed E-state index contributed by atoms with van der Waals surface area (Å²) in [5.41, 5.74) is 6.15. The maximum Gasteiger partial charge on any atom is 0.220 e. The predicted octanol–water partition coefficient (Wildman–Crippen LogP) is 1.14. The van der Waals surface area contributed by atoms with Crippen molar-refractivity contribution in [2.24, 2.45) is 11.7 Å². The number of carbonyl (C=O) groups is 1. The van der Waals surface area contributed by atoms with Gasteiger partial charge in [0.15, 0.2) is 0 Å². The Labute approximate surface area is 78.0 Å². The number of pyridine rings is 1. The Balaban J connectivity index is 2.62. The van der Waals surface area contributed by atoms with Gasteiger partial charge in [-0.05, 0) is 18.6 Å². The highest BCUT2D eigenvalue weighted by atomic mass is 16.1. The molecule has 0 aliphatic rings. The quantitative estimate of drug-likeness (QED) is 0.751. The van der Waals surface area contributed by atoms with Gasteiger partial charge in [-0.1, -0.05) is 13.0 Å². The monoisotopic (exact) mass is 178 g/mol. The molecule has 0 aliphatic carbocycles. The van der Waals surface area contributed by atoms with E-state index in [2.05, 4.69) is 4.98 Å². The molecule has 1 amide bonds. The van der Waals surface area contributed by atoms with Crippen LogP contribution in [0.1, 0.15) is 19.0 Å². The summed E-state index contributed by atoms with van der Waals surface area (Å²) in [6.07, 6.45) is 3.14. The fraction of sp³-hybridized carbons (Fsp3) is 0.400. The summed E-state index contributed by atoms with van der Waals surface area (Å²) < 4.78 is 0. The van der Waals surface area contributed by atoms with E-state index < -0.39 is 0 Å². The van der Waals surface area contributed by atoms with E-state index in [0.29, 0.717) is 6.42 Å². The largest absolute Gasteiger partial charge is 0.369 e. The third-order valence-corrected chi connectivity index (χ3v) is 2.08. The van der Waals surface area contributed by atoms with Gasteiger partial charge in [0.25, 0.3) is 0 Å². The topological polar surface area (TPSA) is 56.0 Å². The summed E-state index contributed by atoms with van der Waals surface area (Å²) >= 11 is 0. The van der Waals surface area contributed by atoms with Crippen molar-refractivity contribution in [2.45, 2.75) is 19.8 Å². The van der Waals surface area contributed by atoms with Crippen LogP contribution in [0.25, 0.3) is 0 Å². The average Bonchev–Trinajstić information content (AvgIpc) is 2.15. The fourth-order valence-corrected chi connectivity index (χ4v) is 1.22. The van der Waals surface area contributed by atoms with Crippen LogP contribution < -0.4 is 5.73 Å². The van der Waals surface area contributed by atoms with Crippen LogP contribution in [0.3, 0.4) is 0 Å². The van der Waals surface area contributed by atoms with Gasteiger partial charge in [-0.3, -0.25) is 9.78 Å². The third-order valence-electron chi connectivity index (χ3n) is 2.08. The smallest absolute Gasteiger partial charge is 0.220 e. The Kier molecular flexibility index (Phi) is 3.43. The molecule has 1 rings (SSSR count). The lowest BCUT2D eigenvalue weighted by Gasteiger charge is -2.08. The summed E-state index contributed by atoms with van der Waals surface area (Å²) in [5, 5.41) is 0. The number of aromatic nitrogens is 1. The van der Waals surface area contributed by atoms with Crippen molar-refractivity contribution >= 4 is 5.91 Å². The molecule has 0 aromatic carbocycles. The van der Waals surface area contributed by atoms with Gasteiger partial charge >= 0.3 is 0 Å². The molecule has 0 bridgehead atoms. The summed E-state index contributed by atoms with van der Waals surface area (Å²) in [7, 11) is 0. The molecule has 0 radical (unpaired) electrons. The van der Waals surface area contributed by atoms with Crippen molar-refractivity contribution in [3.8, 4) is 0 Å². The second kappa shape index (κ2) is 4.60. The Hall–Kier alpha value is -1.38. The van der Waals surface area contributed by atoms with E-state index in [1.807, 2.05) is 25.1 Å². The van der Waals surface area contributed by atoms with E-state index in [-0.39, 0.29) is 11.8 Å². The number of nitrogens with two attached hydrogens (primary N) is 1. The maximum atomic E-state index is 10.9. The van der Waals surface area contributed by atoms with Crippen molar-refractivity contribution in [1.29, 1.82) is 0 Å². The molecule has 0 aliphatic heterocycles. The molecule has 0 spiro atoms. The number of amides is 1. The van der Waals surface area contributed by atoms with E-state index in [0.717, 1.165) is 12.1 Å². The first-order valence-corrected chi connectivity index (χ1v) is 4.43. The van der Waals surface area contributed by atoms with E-state index in [9.17, 15) is 4.79 Å². The van der Waals surface area contributed by atoms with Crippen molar-refractivity contribution in [3.63, 3.8) is 0 Å². The molecule has 1 atom stereocenters. The lowest BCUT2D eigenvalue weighted by atomic mass is 9.99. The molecule has 3 nitrogen and oxygen atoms in total. The normalized spacial score (nSPS) is 12.4. The SMILES string of the molecule is CCC(Cc1ccccn1)C(N)=O. The first-order chi connectivity index (χ1) is 6.24. The minimum absolute atomic E-state index is 0.0881. The lowest BCUT2D eigenvalue weighted by molar-refractivity contribution is -0.121. The predicted molar refractivity (Wildman–Crippen MR) is 50.9 cm³/mol. The van der Waals surface area contributed by atoms with Crippen molar-refractivity contribution < 1.29 is 4.79 Å². The van der Waals surface area contributed by atoms with Crippen LogP contribution in [0, 0.1) is 5.92 Å². The summed E-state index contributed by atoms with van der Waals surface area (Å²) in [6, 6.07) is 5.68. The molecule has 1 aromatic heterocycles. The highest BCUT2D eigenvalue weighted by molar-refractivity contribution is 5.76. The van der Waals surface area contributed by atoms with E-state index in [1.54, 1.807) is 6.20 Å². The molecule has 1 heterocycles. The molecule has 70 valence electrons. The first-order valence-electron chi connectivity index (χ1n) is 4.43. The minimum atomic E-state index is -0.242. The van der Waals surface area contributed by atoms with Gasteiger partial charge in [0.05, 0.1) is 0 Å². The third kappa shape index (κ3) is 2.86. The maximum absolute atomic E-state index is 10.9. The minimum Gasteiger partial charge on any atom is -0.369 e. The van der Waals surface area contributed by atoms with Crippen LogP contribution in [0.4, 0.5) is 0 Å². The summed E-state index contributed by atoms with van der Waals surface area (Å²) in [6.45, 7) is 1.96. The van der Waals surface area contributed by atoms with Crippen LogP contribution in [-0.2, 0) is 11.2 Å². The number of hydrogen-bond acceptors (Lipinski definition) is 2. The Morgan fingerprint density at radius 3 is 2.85 bits per heavy atom. The highest BCUT2D eigenvalue weighted by Gasteiger charge is 2.13. The van der Waals surface area contributed by atoms with Gasteiger partial charge in [0.1, 0.15) is 0 Å². The molecule has 0 fully saturated rings. The lowest BCUT2D eigenvalue weighted by Crippen LogP contribution is -2.24. The zero-order chi connectivity index (χ0) is 9.68. The first kappa shape index (κ1) is 9.71. The highest BCUT2D eigenvalue weighted by Crippen LogP contribution is 2.08. The number of hydrogen-bond donors (Lipinski definition) is 1. The van der Waals surface area contributed by atoms with Crippen LogP contribution in [0.15, 0.2) is 24.4 Å².